The van der Waals surface area contributed by atoms with E-state index in [1.54, 1.807) is 6.07 Å². The van der Waals surface area contributed by atoms with Gasteiger partial charge in [0.05, 0.1) is 6.07 Å². The fourth-order valence-corrected chi connectivity index (χ4v) is 4.81. The van der Waals surface area contributed by atoms with Crippen molar-refractivity contribution < 1.29 is 8.78 Å². The Morgan fingerprint density at radius 1 is 0.938 bits per heavy atom. The van der Waals surface area contributed by atoms with Gasteiger partial charge in [0, 0.05) is 19.5 Å². The van der Waals surface area contributed by atoms with Gasteiger partial charge in [-0.2, -0.15) is 5.26 Å². The molecule has 0 aliphatic heterocycles. The summed E-state index contributed by atoms with van der Waals surface area (Å²) in [6, 6.07) is 18.2. The van der Waals surface area contributed by atoms with Crippen molar-refractivity contribution in [2.45, 2.75) is 89.1 Å². The highest BCUT2D eigenvalue weighted by molar-refractivity contribution is 5.44. The normalized spacial score (nSPS) is 19.0. The topological polar surface area (TPSA) is 27.0 Å². The predicted octanol–water partition coefficient (Wildman–Crippen LogP) is 7.37. The van der Waals surface area contributed by atoms with Crippen molar-refractivity contribution in [3.63, 3.8) is 0 Å². The maximum absolute atomic E-state index is 15.4. The molecule has 1 unspecified atom stereocenters. The molecule has 0 bridgehead atoms. The van der Waals surface area contributed by atoms with E-state index in [0.29, 0.717) is 31.7 Å². The van der Waals surface area contributed by atoms with Gasteiger partial charge >= 0.3 is 0 Å². The maximum atomic E-state index is 15.4. The van der Waals surface area contributed by atoms with Crippen molar-refractivity contribution >= 4 is 0 Å². The second-order valence-electron chi connectivity index (χ2n) is 9.48. The summed E-state index contributed by atoms with van der Waals surface area (Å²) in [5.41, 5.74) is 1.29. The van der Waals surface area contributed by atoms with Crippen LogP contribution in [-0.4, -0.2) is 18.0 Å². The SMILES string of the molecule is CC#N.CC(CCc1c(C2(F)CCC2)cccc1C1(F)CCC1)N(C)Cc1ccccc1. The van der Waals surface area contributed by atoms with Gasteiger partial charge in [-0.3, -0.25) is 4.90 Å². The number of halogens is 2. The number of nitriles is 1. The van der Waals surface area contributed by atoms with Crippen molar-refractivity contribution in [3.05, 3.63) is 70.8 Å². The van der Waals surface area contributed by atoms with E-state index < -0.39 is 11.3 Å². The number of alkyl halides is 2. The average Bonchev–Trinajstić information content (AvgIpc) is 2.75. The van der Waals surface area contributed by atoms with E-state index in [1.807, 2.05) is 24.3 Å². The standard InChI is InChI=1S/C26H33F2N.C2H3N/c1-20(29(2)19-21-9-4-3-5-10-21)13-14-22-23(25(27)15-7-16-25)11-6-12-24(22)26(28)17-8-18-26;1-2-3/h3-6,9-12,20H,7-8,13-19H2,1-2H3;1H3. The molecular weight excluding hydrogens is 402 g/mol. The van der Waals surface area contributed by atoms with Crippen LogP contribution in [0.3, 0.4) is 0 Å². The summed E-state index contributed by atoms with van der Waals surface area (Å²) in [5, 5.41) is 7.32. The minimum absolute atomic E-state index is 0.338. The summed E-state index contributed by atoms with van der Waals surface area (Å²) >= 11 is 0. The molecule has 4 heteroatoms. The second-order valence-corrected chi connectivity index (χ2v) is 9.48. The van der Waals surface area contributed by atoms with Crippen molar-refractivity contribution in [1.29, 1.82) is 5.26 Å². The molecule has 0 N–H and O–H groups in total. The zero-order valence-electron chi connectivity index (χ0n) is 19.7. The van der Waals surface area contributed by atoms with Crippen LogP contribution in [0.4, 0.5) is 8.78 Å². The molecule has 172 valence electrons. The molecule has 0 aromatic heterocycles. The Morgan fingerprint density at radius 2 is 1.44 bits per heavy atom. The molecule has 4 rings (SSSR count). The van der Waals surface area contributed by atoms with Crippen LogP contribution < -0.4 is 0 Å². The molecule has 2 aliphatic carbocycles. The van der Waals surface area contributed by atoms with Crippen molar-refractivity contribution in [3.8, 4) is 6.07 Å². The fraction of sp³-hybridized carbons (Fsp3) is 0.536. The van der Waals surface area contributed by atoms with Crippen LogP contribution >= 0.6 is 0 Å². The van der Waals surface area contributed by atoms with E-state index in [9.17, 15) is 0 Å². The van der Waals surface area contributed by atoms with Crippen LogP contribution in [-0.2, 0) is 24.3 Å². The van der Waals surface area contributed by atoms with E-state index in [4.69, 9.17) is 5.26 Å². The Balaban J connectivity index is 0.000000913. The summed E-state index contributed by atoms with van der Waals surface area (Å²) in [6.45, 7) is 4.53. The van der Waals surface area contributed by atoms with Gasteiger partial charge in [-0.1, -0.05) is 48.5 Å². The van der Waals surface area contributed by atoms with Crippen molar-refractivity contribution in [1.82, 2.24) is 4.90 Å². The first kappa shape index (κ1) is 24.4. The number of rotatable bonds is 8. The van der Waals surface area contributed by atoms with E-state index >= 15 is 8.78 Å². The highest BCUT2D eigenvalue weighted by Crippen LogP contribution is 2.51. The zero-order valence-corrected chi connectivity index (χ0v) is 19.7. The lowest BCUT2D eigenvalue weighted by molar-refractivity contribution is 0.0512. The first-order valence-corrected chi connectivity index (χ1v) is 11.9. The molecule has 2 aromatic carbocycles. The lowest BCUT2D eigenvalue weighted by Gasteiger charge is -2.40. The third-order valence-electron chi connectivity index (χ3n) is 7.27. The van der Waals surface area contributed by atoms with Gasteiger partial charge in [0.25, 0.3) is 0 Å². The molecule has 2 aromatic rings. The van der Waals surface area contributed by atoms with Crippen LogP contribution in [0.25, 0.3) is 0 Å². The monoisotopic (exact) mass is 438 g/mol. The number of hydrogen-bond donors (Lipinski definition) is 0. The lowest BCUT2D eigenvalue weighted by Crippen LogP contribution is -2.35. The molecule has 2 fully saturated rings. The molecule has 2 saturated carbocycles. The largest absolute Gasteiger partial charge is 0.299 e. The minimum atomic E-state index is -1.25. The van der Waals surface area contributed by atoms with Gasteiger partial charge in [-0.25, -0.2) is 8.78 Å². The molecular formula is C28H36F2N2. The van der Waals surface area contributed by atoms with Gasteiger partial charge in [0.15, 0.2) is 0 Å². The fourth-order valence-electron chi connectivity index (χ4n) is 4.81. The van der Waals surface area contributed by atoms with Gasteiger partial charge in [0.2, 0.25) is 0 Å². The van der Waals surface area contributed by atoms with E-state index in [2.05, 4.69) is 43.1 Å². The van der Waals surface area contributed by atoms with Crippen molar-refractivity contribution in [2.75, 3.05) is 7.05 Å². The highest BCUT2D eigenvalue weighted by Gasteiger charge is 2.45. The summed E-state index contributed by atoms with van der Waals surface area (Å²) in [7, 11) is 2.13. The maximum Gasteiger partial charge on any atom is 0.136 e. The van der Waals surface area contributed by atoms with Crippen molar-refractivity contribution in [2.24, 2.45) is 0 Å². The van der Waals surface area contributed by atoms with Gasteiger partial charge in [-0.15, -0.1) is 0 Å². The minimum Gasteiger partial charge on any atom is -0.299 e. The van der Waals surface area contributed by atoms with Gasteiger partial charge < -0.3 is 0 Å². The molecule has 0 saturated heterocycles. The predicted molar refractivity (Wildman–Crippen MR) is 127 cm³/mol. The van der Waals surface area contributed by atoms with E-state index in [0.717, 1.165) is 48.9 Å². The molecule has 0 heterocycles. The van der Waals surface area contributed by atoms with E-state index in [-0.39, 0.29) is 0 Å². The Bertz CT molecular complexity index is 873. The summed E-state index contributed by atoms with van der Waals surface area (Å²) in [5.74, 6) is 0. The van der Waals surface area contributed by atoms with Crippen LogP contribution in [0, 0.1) is 11.3 Å². The van der Waals surface area contributed by atoms with Gasteiger partial charge in [0.1, 0.15) is 11.3 Å². The number of nitrogens with zero attached hydrogens (tertiary/aromatic N) is 2. The van der Waals surface area contributed by atoms with Crippen LogP contribution in [0.15, 0.2) is 48.5 Å². The molecule has 0 radical (unpaired) electrons. The Hall–Kier alpha value is -2.25. The molecule has 2 nitrogen and oxygen atoms in total. The summed E-state index contributed by atoms with van der Waals surface area (Å²) in [6.07, 6.45) is 5.80. The Kier molecular flexibility index (Phi) is 8.06. The lowest BCUT2D eigenvalue weighted by atomic mass is 9.69. The summed E-state index contributed by atoms with van der Waals surface area (Å²) in [4.78, 5) is 2.33. The highest BCUT2D eigenvalue weighted by atomic mass is 19.1. The van der Waals surface area contributed by atoms with E-state index in [1.165, 1.54) is 12.5 Å². The molecule has 32 heavy (non-hydrogen) atoms. The average molecular weight is 439 g/mol. The zero-order chi connectivity index (χ0) is 23.2. The second kappa shape index (κ2) is 10.6. The van der Waals surface area contributed by atoms with Crippen LogP contribution in [0.5, 0.6) is 0 Å². The molecule has 1 atom stereocenters. The first-order chi connectivity index (χ1) is 15.3. The third-order valence-corrected chi connectivity index (χ3v) is 7.27. The van der Waals surface area contributed by atoms with Crippen LogP contribution in [0.2, 0.25) is 0 Å². The molecule has 0 spiro atoms. The third kappa shape index (κ3) is 5.38. The Labute approximate surface area is 192 Å². The first-order valence-electron chi connectivity index (χ1n) is 11.9. The van der Waals surface area contributed by atoms with Gasteiger partial charge in [-0.05, 0) is 87.6 Å². The molecule has 2 aliphatic rings. The number of benzene rings is 2. The summed E-state index contributed by atoms with van der Waals surface area (Å²) < 4.78 is 30.9. The number of hydrogen-bond acceptors (Lipinski definition) is 2. The molecule has 0 amide bonds. The Morgan fingerprint density at radius 3 is 1.88 bits per heavy atom. The van der Waals surface area contributed by atoms with Crippen LogP contribution in [0.1, 0.15) is 81.0 Å². The quantitative estimate of drug-likeness (QED) is 0.430. The smallest absolute Gasteiger partial charge is 0.136 e.